The van der Waals surface area contributed by atoms with Gasteiger partial charge >= 0.3 is 12.2 Å². The van der Waals surface area contributed by atoms with Gasteiger partial charge in [-0.05, 0) is 43.7 Å². The molecule has 1 atom stereocenters. The Morgan fingerprint density at radius 1 is 1.23 bits per heavy atom. The maximum Gasteiger partial charge on any atom is 0.418 e. The number of rotatable bonds is 6. The summed E-state index contributed by atoms with van der Waals surface area (Å²) in [6.07, 6.45) is -2.31. The van der Waals surface area contributed by atoms with Gasteiger partial charge in [0.15, 0.2) is 5.76 Å². The van der Waals surface area contributed by atoms with Gasteiger partial charge in [0, 0.05) is 31.2 Å². The van der Waals surface area contributed by atoms with E-state index < -0.39 is 35.4 Å². The van der Waals surface area contributed by atoms with Crippen molar-refractivity contribution >= 4 is 29.2 Å². The van der Waals surface area contributed by atoms with Crippen molar-refractivity contribution in [3.8, 4) is 0 Å². The zero-order valence-electron chi connectivity index (χ0n) is 16.6. The van der Waals surface area contributed by atoms with E-state index in [2.05, 4.69) is 16.0 Å². The van der Waals surface area contributed by atoms with Gasteiger partial charge < -0.3 is 25.3 Å². The van der Waals surface area contributed by atoms with E-state index in [9.17, 15) is 27.6 Å². The highest BCUT2D eigenvalue weighted by Crippen LogP contribution is 2.36. The number of anilines is 2. The molecule has 2 heterocycles. The first-order valence-electron chi connectivity index (χ1n) is 9.55. The average molecular weight is 438 g/mol. The smallest absolute Gasteiger partial charge is 0.418 e. The van der Waals surface area contributed by atoms with Crippen molar-refractivity contribution in [3.63, 3.8) is 0 Å². The highest BCUT2D eigenvalue weighted by molar-refractivity contribution is 6.02. The number of carbonyl (C=O) groups is 3. The number of amides is 4. The van der Waals surface area contributed by atoms with E-state index in [1.165, 1.54) is 24.5 Å². The molecular weight excluding hydrogens is 417 g/mol. The van der Waals surface area contributed by atoms with Crippen LogP contribution in [0.5, 0.6) is 0 Å². The van der Waals surface area contributed by atoms with Crippen LogP contribution in [0.2, 0.25) is 0 Å². The van der Waals surface area contributed by atoms with Crippen LogP contribution in [0, 0.1) is 0 Å². The molecule has 0 aliphatic carbocycles. The van der Waals surface area contributed by atoms with Crippen LogP contribution in [0.3, 0.4) is 0 Å². The fourth-order valence-electron chi connectivity index (χ4n) is 3.22. The highest BCUT2D eigenvalue weighted by Gasteiger charge is 2.34. The normalized spacial score (nSPS) is 15.0. The summed E-state index contributed by atoms with van der Waals surface area (Å²) in [4.78, 5) is 37.5. The quantitative estimate of drug-likeness (QED) is 0.640. The van der Waals surface area contributed by atoms with E-state index >= 15 is 0 Å². The van der Waals surface area contributed by atoms with Crippen molar-refractivity contribution in [2.24, 2.45) is 0 Å². The number of alkyl halides is 3. The van der Waals surface area contributed by atoms with Gasteiger partial charge in [0.1, 0.15) is 0 Å². The topological polar surface area (TPSA) is 104 Å². The molecule has 1 saturated heterocycles. The van der Waals surface area contributed by atoms with Crippen LogP contribution < -0.4 is 16.0 Å². The molecule has 1 aromatic carbocycles. The summed E-state index contributed by atoms with van der Waals surface area (Å²) in [5.41, 5.74) is -1.70. The van der Waals surface area contributed by atoms with Crippen molar-refractivity contribution in [2.45, 2.75) is 32.0 Å². The third-order valence-electron chi connectivity index (χ3n) is 4.62. The number of nitrogens with zero attached hydrogens (tertiary/aromatic N) is 1. The first kappa shape index (κ1) is 22.2. The predicted molar refractivity (Wildman–Crippen MR) is 106 cm³/mol. The van der Waals surface area contributed by atoms with Crippen LogP contribution in [0.15, 0.2) is 41.0 Å². The molecule has 1 aliphatic heterocycles. The largest absolute Gasteiger partial charge is 0.459 e. The molecule has 8 nitrogen and oxygen atoms in total. The summed E-state index contributed by atoms with van der Waals surface area (Å²) < 4.78 is 45.5. The minimum Gasteiger partial charge on any atom is -0.459 e. The number of hydrogen-bond acceptors (Lipinski definition) is 4. The van der Waals surface area contributed by atoms with E-state index in [1.807, 2.05) is 0 Å². The number of furan rings is 1. The highest BCUT2D eigenvalue weighted by atomic mass is 19.4. The second kappa shape index (κ2) is 9.11. The van der Waals surface area contributed by atoms with Gasteiger partial charge in [0.25, 0.3) is 5.91 Å². The maximum atomic E-state index is 13.5. The van der Waals surface area contributed by atoms with Gasteiger partial charge in [0.2, 0.25) is 5.91 Å². The Labute approximate surface area is 175 Å². The molecule has 4 amide bonds. The molecule has 2 aromatic rings. The lowest BCUT2D eigenvalue weighted by atomic mass is 10.1. The van der Waals surface area contributed by atoms with Crippen LogP contribution >= 0.6 is 0 Å². The van der Waals surface area contributed by atoms with E-state index in [4.69, 9.17) is 4.42 Å². The van der Waals surface area contributed by atoms with Crippen LogP contribution in [0.4, 0.5) is 29.3 Å². The number of nitrogens with one attached hydrogen (secondary N) is 3. The molecule has 0 saturated carbocycles. The van der Waals surface area contributed by atoms with Crippen molar-refractivity contribution in [3.05, 3.63) is 47.9 Å². The number of urea groups is 1. The molecule has 1 fully saturated rings. The monoisotopic (exact) mass is 438 g/mol. The van der Waals surface area contributed by atoms with Gasteiger partial charge in [-0.25, -0.2) is 4.79 Å². The van der Waals surface area contributed by atoms with Crippen LogP contribution in [-0.4, -0.2) is 41.9 Å². The lowest BCUT2D eigenvalue weighted by Gasteiger charge is -2.22. The second-order valence-corrected chi connectivity index (χ2v) is 7.13. The summed E-state index contributed by atoms with van der Waals surface area (Å²) in [5.74, 6) is -0.775. The van der Waals surface area contributed by atoms with Gasteiger partial charge in [-0.1, -0.05) is 0 Å². The van der Waals surface area contributed by atoms with Gasteiger partial charge in [-0.2, -0.15) is 13.2 Å². The van der Waals surface area contributed by atoms with E-state index in [0.29, 0.717) is 13.0 Å². The molecule has 3 N–H and O–H groups in total. The SMILES string of the molecule is C[C@H](CN1CCCC1=O)NC(=O)Nc1ccc(NC(=O)c2ccco2)cc1C(F)(F)F. The molecular formula is C20H21F3N4O4. The van der Waals surface area contributed by atoms with Crippen molar-refractivity contribution in [1.82, 2.24) is 10.2 Å². The Morgan fingerprint density at radius 2 is 2.00 bits per heavy atom. The minimum absolute atomic E-state index is 0.0133. The Bertz CT molecular complexity index is 960. The molecule has 3 rings (SSSR count). The van der Waals surface area contributed by atoms with Crippen LogP contribution in [0.25, 0.3) is 0 Å². The van der Waals surface area contributed by atoms with Gasteiger partial charge in [-0.3, -0.25) is 9.59 Å². The average Bonchev–Trinajstić information content (AvgIpc) is 3.34. The molecule has 1 aliphatic rings. The number of likely N-dealkylation sites (tertiary alicyclic amines) is 1. The molecule has 0 spiro atoms. The van der Waals surface area contributed by atoms with Crippen molar-refractivity contribution in [1.29, 1.82) is 0 Å². The molecule has 11 heteroatoms. The van der Waals surface area contributed by atoms with Crippen LogP contribution in [-0.2, 0) is 11.0 Å². The van der Waals surface area contributed by atoms with E-state index in [1.54, 1.807) is 11.8 Å². The van der Waals surface area contributed by atoms with E-state index in [-0.39, 0.29) is 23.9 Å². The molecule has 166 valence electrons. The Kier molecular flexibility index (Phi) is 6.52. The molecule has 0 unspecified atom stereocenters. The van der Waals surface area contributed by atoms with Crippen molar-refractivity contribution < 1.29 is 32.0 Å². The summed E-state index contributed by atoms with van der Waals surface area (Å²) in [6.45, 7) is 2.52. The molecule has 31 heavy (non-hydrogen) atoms. The fraction of sp³-hybridized carbons (Fsp3) is 0.350. The summed E-state index contributed by atoms with van der Waals surface area (Å²) in [6, 6.07) is 4.56. The minimum atomic E-state index is -4.78. The Hall–Kier alpha value is -3.50. The Morgan fingerprint density at radius 3 is 2.61 bits per heavy atom. The number of benzene rings is 1. The summed E-state index contributed by atoms with van der Waals surface area (Å²) >= 11 is 0. The first-order chi connectivity index (χ1) is 14.6. The van der Waals surface area contributed by atoms with E-state index in [0.717, 1.165) is 18.6 Å². The third kappa shape index (κ3) is 5.77. The third-order valence-corrected chi connectivity index (χ3v) is 4.62. The standard InChI is InChI=1S/C20H21F3N4O4/c1-12(11-27-8-2-5-17(27)28)24-19(30)26-15-7-6-13(10-14(15)20(21,22)23)25-18(29)16-4-3-9-31-16/h3-4,6-7,9-10,12H,2,5,8,11H2,1H3,(H,25,29)(H2,24,26,30)/t12-/m1/s1. The molecule has 0 bridgehead atoms. The van der Waals surface area contributed by atoms with Gasteiger partial charge in [0.05, 0.1) is 17.5 Å². The summed E-state index contributed by atoms with van der Waals surface area (Å²) in [5, 5.41) is 7.03. The van der Waals surface area contributed by atoms with Crippen LogP contribution in [0.1, 0.15) is 35.9 Å². The maximum absolute atomic E-state index is 13.5. The first-order valence-corrected chi connectivity index (χ1v) is 9.55. The number of hydrogen-bond donors (Lipinski definition) is 3. The predicted octanol–water partition coefficient (Wildman–Crippen LogP) is 3.68. The lowest BCUT2D eigenvalue weighted by molar-refractivity contribution is -0.137. The zero-order valence-corrected chi connectivity index (χ0v) is 16.6. The number of halogens is 3. The molecule has 0 radical (unpaired) electrons. The number of carbonyl (C=O) groups excluding carboxylic acids is 3. The fourth-order valence-corrected chi connectivity index (χ4v) is 3.22. The summed E-state index contributed by atoms with van der Waals surface area (Å²) in [7, 11) is 0. The molecule has 1 aromatic heterocycles. The Balaban J connectivity index is 1.67. The lowest BCUT2D eigenvalue weighted by Crippen LogP contribution is -2.44. The second-order valence-electron chi connectivity index (χ2n) is 7.13. The van der Waals surface area contributed by atoms with Crippen molar-refractivity contribution in [2.75, 3.05) is 23.7 Å². The van der Waals surface area contributed by atoms with Gasteiger partial charge in [-0.15, -0.1) is 0 Å². The zero-order chi connectivity index (χ0) is 22.6.